The first kappa shape index (κ1) is 22.5. The maximum atomic E-state index is 14.7. The van der Waals surface area contributed by atoms with E-state index in [2.05, 4.69) is 21.2 Å². The van der Waals surface area contributed by atoms with E-state index < -0.39 is 17.1 Å². The molecule has 2 aromatic rings. The Bertz CT molecular complexity index is 1110. The Morgan fingerprint density at radius 2 is 1.88 bits per heavy atom. The van der Waals surface area contributed by atoms with Crippen molar-refractivity contribution in [1.29, 1.82) is 0 Å². The monoisotopic (exact) mass is 517 g/mol. The Hall–Kier alpha value is -2.65. The van der Waals surface area contributed by atoms with Crippen LogP contribution >= 0.6 is 27.7 Å². The van der Waals surface area contributed by atoms with E-state index in [1.807, 2.05) is 11.8 Å². The van der Waals surface area contributed by atoms with E-state index in [-0.39, 0.29) is 17.3 Å². The fourth-order valence-electron chi connectivity index (χ4n) is 3.69. The van der Waals surface area contributed by atoms with Gasteiger partial charge in [0.1, 0.15) is 12.4 Å². The average Bonchev–Trinajstić information content (AvgIpc) is 3.37. The normalized spacial score (nSPS) is 17.5. The molecule has 0 atom stereocenters. The second-order valence-electron chi connectivity index (χ2n) is 7.68. The van der Waals surface area contributed by atoms with Crippen LogP contribution in [-0.4, -0.2) is 41.6 Å². The summed E-state index contributed by atoms with van der Waals surface area (Å²) in [4.78, 5) is 40.5. The highest BCUT2D eigenvalue weighted by atomic mass is 79.9. The highest BCUT2D eigenvalue weighted by Crippen LogP contribution is 2.34. The van der Waals surface area contributed by atoms with Crippen molar-refractivity contribution in [1.82, 2.24) is 4.90 Å². The maximum absolute atomic E-state index is 14.7. The number of nitrogens with zero attached hydrogens (tertiary/aromatic N) is 2. The summed E-state index contributed by atoms with van der Waals surface area (Å²) in [6.07, 6.45) is 3.61. The summed E-state index contributed by atoms with van der Waals surface area (Å²) in [7, 11) is 0. The predicted octanol–water partition coefficient (Wildman–Crippen LogP) is 5.17. The van der Waals surface area contributed by atoms with Gasteiger partial charge in [0, 0.05) is 23.2 Å². The number of thioether (sulfide) groups is 1. The fourth-order valence-corrected chi connectivity index (χ4v) is 4.79. The topological polar surface area (TPSA) is 69.7 Å². The van der Waals surface area contributed by atoms with Gasteiger partial charge in [0.2, 0.25) is 5.91 Å². The quantitative estimate of drug-likeness (QED) is 0.554. The summed E-state index contributed by atoms with van der Waals surface area (Å²) >= 11 is 4.07. The molecule has 166 valence electrons. The van der Waals surface area contributed by atoms with Crippen LogP contribution < -0.4 is 10.2 Å². The number of nitrogens with one attached hydrogen (secondary N) is 1. The van der Waals surface area contributed by atoms with Gasteiger partial charge in [-0.2, -0.15) is 0 Å². The Labute approximate surface area is 198 Å². The molecule has 1 N–H and O–H groups in total. The van der Waals surface area contributed by atoms with Crippen LogP contribution in [-0.2, 0) is 9.59 Å². The summed E-state index contributed by atoms with van der Waals surface area (Å²) in [5.74, 6) is -1.39. The van der Waals surface area contributed by atoms with Crippen molar-refractivity contribution in [3.8, 4) is 0 Å². The number of hydrogen-bond donors (Lipinski definition) is 1. The number of aryl methyl sites for hydroxylation is 1. The van der Waals surface area contributed by atoms with Gasteiger partial charge < -0.3 is 10.2 Å². The summed E-state index contributed by atoms with van der Waals surface area (Å²) in [5.41, 5.74) is 2.48. The van der Waals surface area contributed by atoms with Crippen LogP contribution in [0.5, 0.6) is 0 Å². The second kappa shape index (κ2) is 9.46. The first-order valence-electron chi connectivity index (χ1n) is 10.2. The van der Waals surface area contributed by atoms with Crippen molar-refractivity contribution in [2.24, 2.45) is 0 Å². The smallest absolute Gasteiger partial charge is 0.294 e. The molecule has 0 saturated carbocycles. The number of imide groups is 1. The van der Waals surface area contributed by atoms with E-state index in [0.29, 0.717) is 16.9 Å². The number of benzene rings is 2. The highest BCUT2D eigenvalue weighted by molar-refractivity contribution is 9.10. The van der Waals surface area contributed by atoms with Crippen molar-refractivity contribution < 1.29 is 18.8 Å². The Balaban J connectivity index is 1.47. The van der Waals surface area contributed by atoms with Crippen LogP contribution in [0.2, 0.25) is 0 Å². The minimum Gasteiger partial charge on any atom is -0.369 e. The lowest BCUT2D eigenvalue weighted by Crippen LogP contribution is -2.36. The molecule has 2 fully saturated rings. The van der Waals surface area contributed by atoms with Crippen LogP contribution in [0.4, 0.5) is 20.6 Å². The van der Waals surface area contributed by atoms with E-state index in [1.165, 1.54) is 12.1 Å². The molecule has 0 aliphatic carbocycles. The number of carbonyl (C=O) groups is 3. The predicted molar refractivity (Wildman–Crippen MR) is 128 cm³/mol. The third-order valence-electron chi connectivity index (χ3n) is 5.37. The third-order valence-corrected chi connectivity index (χ3v) is 6.81. The molecule has 6 nitrogen and oxygen atoms in total. The minimum atomic E-state index is -0.561. The highest BCUT2D eigenvalue weighted by Gasteiger charge is 2.36. The summed E-state index contributed by atoms with van der Waals surface area (Å²) in [6, 6.07) is 10.1. The van der Waals surface area contributed by atoms with Gasteiger partial charge in [-0.15, -0.1) is 0 Å². The van der Waals surface area contributed by atoms with E-state index in [0.717, 1.165) is 52.6 Å². The maximum Gasteiger partial charge on any atom is 0.294 e. The van der Waals surface area contributed by atoms with Gasteiger partial charge >= 0.3 is 0 Å². The number of rotatable bonds is 5. The number of amides is 3. The first-order chi connectivity index (χ1) is 15.3. The molecule has 0 radical (unpaired) electrons. The average molecular weight is 518 g/mol. The van der Waals surface area contributed by atoms with Crippen molar-refractivity contribution >= 4 is 62.2 Å². The molecule has 2 aliphatic rings. The lowest BCUT2D eigenvalue weighted by molar-refractivity contribution is -0.127. The Kier molecular flexibility index (Phi) is 6.66. The molecule has 0 aromatic heterocycles. The molecule has 4 rings (SSSR count). The van der Waals surface area contributed by atoms with Gasteiger partial charge in [-0.05, 0) is 85.1 Å². The molecule has 2 aromatic carbocycles. The molecule has 3 amide bonds. The zero-order valence-corrected chi connectivity index (χ0v) is 19.8. The van der Waals surface area contributed by atoms with Crippen LogP contribution in [0, 0.1) is 12.7 Å². The van der Waals surface area contributed by atoms with Gasteiger partial charge in [-0.3, -0.25) is 19.3 Å². The van der Waals surface area contributed by atoms with Crippen LogP contribution in [0.3, 0.4) is 0 Å². The van der Waals surface area contributed by atoms with E-state index in [4.69, 9.17) is 0 Å². The van der Waals surface area contributed by atoms with Gasteiger partial charge in [-0.1, -0.05) is 15.9 Å². The summed E-state index contributed by atoms with van der Waals surface area (Å²) < 4.78 is 15.6. The molecule has 32 heavy (non-hydrogen) atoms. The number of halogens is 2. The zero-order chi connectivity index (χ0) is 22.8. The van der Waals surface area contributed by atoms with Gasteiger partial charge in [0.15, 0.2) is 0 Å². The van der Waals surface area contributed by atoms with Crippen molar-refractivity contribution in [3.05, 3.63) is 62.7 Å². The molecule has 0 spiro atoms. The molecule has 0 unspecified atom stereocenters. The van der Waals surface area contributed by atoms with E-state index in [9.17, 15) is 18.8 Å². The standard InChI is InChI=1S/C23H21BrFN3O3S/c1-14-10-19(27-8-2-3-9-27)18(25)11-15(14)12-20-22(30)28(23(31)32-20)13-21(29)26-17-6-4-16(24)5-7-17/h4-7,10-12H,2-3,8-9,13H2,1H3,(H,26,29)/b20-12-. The van der Waals surface area contributed by atoms with Crippen LogP contribution in [0.25, 0.3) is 6.08 Å². The number of hydrogen-bond acceptors (Lipinski definition) is 5. The zero-order valence-electron chi connectivity index (χ0n) is 17.4. The SMILES string of the molecule is Cc1cc(N2CCCC2)c(F)cc1/C=C1\SC(=O)N(CC(=O)Nc2ccc(Br)cc2)C1=O. The molecule has 9 heteroatoms. The van der Waals surface area contributed by atoms with Crippen molar-refractivity contribution in [2.45, 2.75) is 19.8 Å². The largest absolute Gasteiger partial charge is 0.369 e. The van der Waals surface area contributed by atoms with Crippen LogP contribution in [0.1, 0.15) is 24.0 Å². The van der Waals surface area contributed by atoms with Crippen molar-refractivity contribution in [2.75, 3.05) is 29.9 Å². The number of carbonyl (C=O) groups excluding carboxylic acids is 3. The molecule has 2 aliphatic heterocycles. The molecule has 2 saturated heterocycles. The Morgan fingerprint density at radius 1 is 1.19 bits per heavy atom. The lowest BCUT2D eigenvalue weighted by atomic mass is 10.1. The molecular formula is C23H21BrFN3O3S. The molecule has 2 heterocycles. The summed E-state index contributed by atoms with van der Waals surface area (Å²) in [5, 5.41) is 2.13. The van der Waals surface area contributed by atoms with Gasteiger partial charge in [-0.25, -0.2) is 4.39 Å². The van der Waals surface area contributed by atoms with E-state index >= 15 is 0 Å². The third kappa shape index (κ3) is 4.88. The Morgan fingerprint density at radius 3 is 2.56 bits per heavy atom. The second-order valence-corrected chi connectivity index (χ2v) is 9.59. The first-order valence-corrected chi connectivity index (χ1v) is 11.8. The van der Waals surface area contributed by atoms with E-state index in [1.54, 1.807) is 30.3 Å². The molecular weight excluding hydrogens is 497 g/mol. The fraction of sp³-hybridized carbons (Fsp3) is 0.261. The number of anilines is 2. The lowest BCUT2D eigenvalue weighted by Gasteiger charge is -2.19. The molecule has 0 bridgehead atoms. The minimum absolute atomic E-state index is 0.169. The summed E-state index contributed by atoms with van der Waals surface area (Å²) in [6.45, 7) is 3.12. The van der Waals surface area contributed by atoms with Gasteiger partial charge in [0.25, 0.3) is 11.1 Å². The van der Waals surface area contributed by atoms with Crippen molar-refractivity contribution in [3.63, 3.8) is 0 Å². The van der Waals surface area contributed by atoms with Gasteiger partial charge in [0.05, 0.1) is 10.6 Å². The van der Waals surface area contributed by atoms with Crippen LogP contribution in [0.15, 0.2) is 45.8 Å².